The molecule has 146 valence electrons. The van der Waals surface area contributed by atoms with E-state index in [0.29, 0.717) is 47.2 Å². The molecule has 0 bridgehead atoms. The molecule has 0 aliphatic carbocycles. The topological polar surface area (TPSA) is 76.7 Å². The Kier molecular flexibility index (Phi) is 5.16. The third kappa shape index (κ3) is 4.06. The summed E-state index contributed by atoms with van der Waals surface area (Å²) < 4.78 is 11.1. The highest BCUT2D eigenvalue weighted by Gasteiger charge is 2.22. The molecule has 1 aliphatic heterocycles. The maximum atomic E-state index is 12.9. The molecule has 0 saturated carbocycles. The van der Waals surface area contributed by atoms with Crippen LogP contribution in [0.1, 0.15) is 26.3 Å². The van der Waals surface area contributed by atoms with E-state index in [4.69, 9.17) is 9.47 Å². The van der Waals surface area contributed by atoms with E-state index in [2.05, 4.69) is 10.6 Å². The lowest BCUT2D eigenvalue weighted by Gasteiger charge is -2.20. The second-order valence-electron chi connectivity index (χ2n) is 6.65. The van der Waals surface area contributed by atoms with Gasteiger partial charge in [0.15, 0.2) is 11.5 Å². The zero-order valence-electron chi connectivity index (χ0n) is 15.9. The second kappa shape index (κ2) is 8.06. The highest BCUT2D eigenvalue weighted by atomic mass is 16.6. The van der Waals surface area contributed by atoms with Crippen LogP contribution in [0.5, 0.6) is 11.5 Å². The first kappa shape index (κ1) is 18.6. The van der Waals surface area contributed by atoms with Crippen LogP contribution in [-0.2, 0) is 0 Å². The van der Waals surface area contributed by atoms with Gasteiger partial charge >= 0.3 is 0 Å². The standard InChI is InChI=1S/C23H20N2O4/c1-15-6-4-7-16(14-15)24-22(26)17-8-2-3-10-19(17)25-23(27)18-9-5-11-20-21(18)29-13-12-28-20/h2-11,14H,12-13H2,1H3,(H,24,26)(H,25,27). The lowest BCUT2D eigenvalue weighted by Crippen LogP contribution is -2.21. The van der Waals surface area contributed by atoms with Crippen molar-refractivity contribution in [2.75, 3.05) is 23.8 Å². The molecule has 2 amide bonds. The number of benzene rings is 3. The number of ether oxygens (including phenoxy) is 2. The van der Waals surface area contributed by atoms with E-state index in [1.54, 1.807) is 42.5 Å². The van der Waals surface area contributed by atoms with Crippen molar-refractivity contribution in [1.29, 1.82) is 0 Å². The fraction of sp³-hybridized carbons (Fsp3) is 0.130. The number of para-hydroxylation sites is 2. The van der Waals surface area contributed by atoms with Gasteiger partial charge in [-0.05, 0) is 48.9 Å². The van der Waals surface area contributed by atoms with E-state index in [9.17, 15) is 9.59 Å². The van der Waals surface area contributed by atoms with Gasteiger partial charge in [0.25, 0.3) is 11.8 Å². The van der Waals surface area contributed by atoms with Gasteiger partial charge in [0, 0.05) is 5.69 Å². The van der Waals surface area contributed by atoms with Crippen LogP contribution in [-0.4, -0.2) is 25.0 Å². The number of aryl methyl sites for hydroxylation is 1. The molecule has 6 nitrogen and oxygen atoms in total. The Bertz CT molecular complexity index is 1080. The molecule has 0 spiro atoms. The predicted octanol–water partition coefficient (Wildman–Crippen LogP) is 4.27. The Balaban J connectivity index is 1.57. The fourth-order valence-corrected chi connectivity index (χ4v) is 3.15. The maximum absolute atomic E-state index is 12.9. The molecule has 1 heterocycles. The molecule has 3 aromatic carbocycles. The van der Waals surface area contributed by atoms with Gasteiger partial charge in [-0.25, -0.2) is 0 Å². The average molecular weight is 388 g/mol. The van der Waals surface area contributed by atoms with Gasteiger partial charge in [0.2, 0.25) is 0 Å². The summed E-state index contributed by atoms with van der Waals surface area (Å²) in [6, 6.07) is 19.6. The fourth-order valence-electron chi connectivity index (χ4n) is 3.15. The zero-order chi connectivity index (χ0) is 20.2. The Morgan fingerprint density at radius 1 is 0.793 bits per heavy atom. The Labute approximate surface area is 168 Å². The Morgan fingerprint density at radius 2 is 1.52 bits per heavy atom. The summed E-state index contributed by atoms with van der Waals surface area (Å²) in [5.41, 5.74) is 2.87. The lowest BCUT2D eigenvalue weighted by atomic mass is 10.1. The van der Waals surface area contributed by atoms with Gasteiger partial charge in [0.05, 0.1) is 16.8 Å². The largest absolute Gasteiger partial charge is 0.486 e. The Morgan fingerprint density at radius 3 is 2.38 bits per heavy atom. The third-order valence-electron chi connectivity index (χ3n) is 4.51. The van der Waals surface area contributed by atoms with Crippen LogP contribution in [0.25, 0.3) is 0 Å². The minimum Gasteiger partial charge on any atom is -0.486 e. The summed E-state index contributed by atoms with van der Waals surface area (Å²) in [7, 11) is 0. The smallest absolute Gasteiger partial charge is 0.259 e. The van der Waals surface area contributed by atoms with Crippen LogP contribution in [0.15, 0.2) is 66.7 Å². The Hall–Kier alpha value is -3.80. The van der Waals surface area contributed by atoms with Gasteiger partial charge in [0.1, 0.15) is 13.2 Å². The van der Waals surface area contributed by atoms with E-state index in [-0.39, 0.29) is 11.8 Å². The molecule has 4 rings (SSSR count). The summed E-state index contributed by atoms with van der Waals surface area (Å²) in [6.07, 6.45) is 0. The number of amides is 2. The molecular formula is C23H20N2O4. The summed E-state index contributed by atoms with van der Waals surface area (Å²) in [5, 5.41) is 5.69. The van der Waals surface area contributed by atoms with Crippen LogP contribution in [0, 0.1) is 6.92 Å². The van der Waals surface area contributed by atoms with Crippen molar-refractivity contribution in [3.05, 3.63) is 83.4 Å². The van der Waals surface area contributed by atoms with Gasteiger partial charge in [-0.2, -0.15) is 0 Å². The van der Waals surface area contributed by atoms with Crippen LogP contribution in [0.2, 0.25) is 0 Å². The normalized spacial score (nSPS) is 12.2. The van der Waals surface area contributed by atoms with Gasteiger partial charge < -0.3 is 20.1 Å². The highest BCUT2D eigenvalue weighted by Crippen LogP contribution is 2.34. The quantitative estimate of drug-likeness (QED) is 0.700. The monoisotopic (exact) mass is 388 g/mol. The molecule has 0 unspecified atom stereocenters. The highest BCUT2D eigenvalue weighted by molar-refractivity contribution is 6.13. The van der Waals surface area contributed by atoms with E-state index >= 15 is 0 Å². The predicted molar refractivity (Wildman–Crippen MR) is 111 cm³/mol. The molecule has 0 fully saturated rings. The molecule has 0 saturated heterocycles. The molecule has 1 aliphatic rings. The number of carbonyl (C=O) groups excluding carboxylic acids is 2. The second-order valence-corrected chi connectivity index (χ2v) is 6.65. The van der Waals surface area contributed by atoms with E-state index in [1.807, 2.05) is 31.2 Å². The van der Waals surface area contributed by atoms with Crippen LogP contribution in [0.4, 0.5) is 11.4 Å². The van der Waals surface area contributed by atoms with E-state index < -0.39 is 0 Å². The number of nitrogens with one attached hydrogen (secondary N) is 2. The average Bonchev–Trinajstić information content (AvgIpc) is 2.73. The first-order chi connectivity index (χ1) is 14.1. The van der Waals surface area contributed by atoms with Crippen molar-refractivity contribution in [3.63, 3.8) is 0 Å². The third-order valence-corrected chi connectivity index (χ3v) is 4.51. The lowest BCUT2D eigenvalue weighted by molar-refractivity contribution is 0.101. The minimum atomic E-state index is -0.372. The molecular weight excluding hydrogens is 368 g/mol. The molecule has 29 heavy (non-hydrogen) atoms. The zero-order valence-corrected chi connectivity index (χ0v) is 15.9. The molecule has 0 aromatic heterocycles. The van der Waals surface area contributed by atoms with Crippen molar-refractivity contribution in [3.8, 4) is 11.5 Å². The molecule has 6 heteroatoms. The van der Waals surface area contributed by atoms with Crippen LogP contribution < -0.4 is 20.1 Å². The first-order valence-corrected chi connectivity index (χ1v) is 9.29. The number of carbonyl (C=O) groups is 2. The number of fused-ring (bicyclic) bond motifs is 1. The van der Waals surface area contributed by atoms with Crippen LogP contribution in [0.3, 0.4) is 0 Å². The summed E-state index contributed by atoms with van der Waals surface area (Å²) in [6.45, 7) is 2.78. The van der Waals surface area contributed by atoms with Crippen molar-refractivity contribution < 1.29 is 19.1 Å². The van der Waals surface area contributed by atoms with Crippen LogP contribution >= 0.6 is 0 Å². The number of hydrogen-bond donors (Lipinski definition) is 2. The minimum absolute atomic E-state index is 0.304. The molecule has 3 aromatic rings. The summed E-state index contributed by atoms with van der Waals surface area (Å²) in [4.78, 5) is 25.7. The van der Waals surface area contributed by atoms with Gasteiger partial charge in [-0.3, -0.25) is 9.59 Å². The van der Waals surface area contributed by atoms with Crippen molar-refractivity contribution in [2.45, 2.75) is 6.92 Å². The van der Waals surface area contributed by atoms with Gasteiger partial charge in [-0.1, -0.05) is 30.3 Å². The molecule has 0 atom stereocenters. The summed E-state index contributed by atoms with van der Waals surface area (Å²) >= 11 is 0. The molecule has 0 radical (unpaired) electrons. The number of hydrogen-bond acceptors (Lipinski definition) is 4. The van der Waals surface area contributed by atoms with Crippen molar-refractivity contribution >= 4 is 23.2 Å². The van der Waals surface area contributed by atoms with E-state index in [1.165, 1.54) is 0 Å². The maximum Gasteiger partial charge on any atom is 0.259 e. The number of rotatable bonds is 4. The molecule has 2 N–H and O–H groups in total. The van der Waals surface area contributed by atoms with Crippen molar-refractivity contribution in [2.24, 2.45) is 0 Å². The SMILES string of the molecule is Cc1cccc(NC(=O)c2ccccc2NC(=O)c2cccc3c2OCCO3)c1. The first-order valence-electron chi connectivity index (χ1n) is 9.29. The van der Waals surface area contributed by atoms with E-state index in [0.717, 1.165) is 5.56 Å². The van der Waals surface area contributed by atoms with Gasteiger partial charge in [-0.15, -0.1) is 0 Å². The summed E-state index contributed by atoms with van der Waals surface area (Å²) in [5.74, 6) is 0.275. The number of anilines is 2. The van der Waals surface area contributed by atoms with Crippen molar-refractivity contribution in [1.82, 2.24) is 0 Å².